The topological polar surface area (TPSA) is 12.5 Å². The third-order valence-electron chi connectivity index (χ3n) is 3.20. The molecule has 0 N–H and O–H groups in total. The van der Waals surface area contributed by atoms with E-state index in [9.17, 15) is 13.2 Å². The van der Waals surface area contributed by atoms with Crippen LogP contribution in [0.3, 0.4) is 0 Å². The Bertz CT molecular complexity index is 421. The number of benzene rings is 1. The normalized spacial score (nSPS) is 24.6. The smallest absolute Gasteiger partial charge is 0.373 e. The second-order valence-corrected chi connectivity index (χ2v) is 4.96. The molecule has 106 valence electrons. The molecule has 6 heteroatoms. The number of hydrogen-bond donors (Lipinski definition) is 0. The van der Waals surface area contributed by atoms with Crippen molar-refractivity contribution < 1.29 is 17.9 Å². The first-order valence-corrected chi connectivity index (χ1v) is 6.56. The molecule has 1 heterocycles. The van der Waals surface area contributed by atoms with Gasteiger partial charge >= 0.3 is 6.18 Å². The van der Waals surface area contributed by atoms with Crippen LogP contribution in [-0.2, 0) is 10.9 Å². The number of halogens is 4. The van der Waals surface area contributed by atoms with E-state index < -0.39 is 11.7 Å². The average Bonchev–Trinajstić information content (AvgIpc) is 2.38. The van der Waals surface area contributed by atoms with Crippen LogP contribution in [-0.4, -0.2) is 31.2 Å². The van der Waals surface area contributed by atoms with Gasteiger partial charge in [-0.15, -0.1) is 11.6 Å². The van der Waals surface area contributed by atoms with E-state index in [0.717, 1.165) is 17.8 Å². The number of hydrogen-bond acceptors (Lipinski definition) is 2. The van der Waals surface area contributed by atoms with Crippen LogP contribution in [0.4, 0.5) is 18.9 Å². The maximum atomic E-state index is 12.5. The van der Waals surface area contributed by atoms with E-state index in [1.54, 1.807) is 0 Å². The predicted octanol–water partition coefficient (Wildman–Crippen LogP) is 3.54. The minimum absolute atomic E-state index is 0.0832. The van der Waals surface area contributed by atoms with Gasteiger partial charge in [0.05, 0.1) is 24.2 Å². The molecule has 0 saturated carbocycles. The molecule has 1 aromatic carbocycles. The molecule has 1 saturated heterocycles. The van der Waals surface area contributed by atoms with E-state index in [1.165, 1.54) is 12.1 Å². The Morgan fingerprint density at radius 2 is 1.95 bits per heavy atom. The Morgan fingerprint density at radius 3 is 2.47 bits per heavy atom. The van der Waals surface area contributed by atoms with Gasteiger partial charge in [0.1, 0.15) is 0 Å². The Hall–Kier alpha value is -0.940. The lowest BCUT2D eigenvalue weighted by atomic mass is 10.1. The summed E-state index contributed by atoms with van der Waals surface area (Å²) < 4.78 is 43.0. The first-order valence-electron chi connectivity index (χ1n) is 6.03. The molecule has 1 aromatic rings. The van der Waals surface area contributed by atoms with E-state index in [4.69, 9.17) is 16.3 Å². The highest BCUT2D eigenvalue weighted by atomic mass is 35.5. The van der Waals surface area contributed by atoms with E-state index in [-0.39, 0.29) is 12.1 Å². The molecule has 2 atom stereocenters. The Morgan fingerprint density at radius 1 is 1.32 bits per heavy atom. The molecular weight excluding hydrogens is 279 g/mol. The van der Waals surface area contributed by atoms with Gasteiger partial charge < -0.3 is 9.64 Å². The molecule has 1 aliphatic heterocycles. The minimum atomic E-state index is -4.30. The summed E-state index contributed by atoms with van der Waals surface area (Å²) in [5.41, 5.74) is 0.130. The summed E-state index contributed by atoms with van der Waals surface area (Å²) in [6, 6.07) is 5.32. The maximum absolute atomic E-state index is 12.5. The highest BCUT2D eigenvalue weighted by Gasteiger charge is 2.31. The molecule has 0 aliphatic carbocycles. The summed E-state index contributed by atoms with van der Waals surface area (Å²) in [4.78, 5) is 2.02. The van der Waals surface area contributed by atoms with Gasteiger partial charge in [-0.3, -0.25) is 0 Å². The first-order chi connectivity index (χ1) is 8.91. The summed E-state index contributed by atoms with van der Waals surface area (Å²) in [5.74, 6) is 0.379. The number of anilines is 1. The fraction of sp³-hybridized carbons (Fsp3) is 0.538. The second-order valence-electron chi connectivity index (χ2n) is 4.66. The highest BCUT2D eigenvalue weighted by molar-refractivity contribution is 6.18. The lowest BCUT2D eigenvalue weighted by Gasteiger charge is -2.39. The molecule has 0 aromatic heterocycles. The van der Waals surface area contributed by atoms with Crippen molar-refractivity contribution in [3.05, 3.63) is 29.8 Å². The number of morpholine rings is 1. The lowest BCUT2D eigenvalue weighted by Crippen LogP contribution is -2.49. The van der Waals surface area contributed by atoms with Crippen molar-refractivity contribution in [3.8, 4) is 0 Å². The van der Waals surface area contributed by atoms with E-state index in [2.05, 4.69) is 0 Å². The van der Waals surface area contributed by atoms with Gasteiger partial charge in [-0.25, -0.2) is 0 Å². The molecular formula is C13H15ClF3NO. The van der Waals surface area contributed by atoms with Crippen molar-refractivity contribution in [2.45, 2.75) is 25.2 Å². The molecule has 0 amide bonds. The van der Waals surface area contributed by atoms with Gasteiger partial charge in [-0.1, -0.05) is 0 Å². The zero-order valence-corrected chi connectivity index (χ0v) is 11.2. The SMILES string of the molecule is CC1COC(CCl)CN1c1ccc(C(F)(F)F)cc1. The number of rotatable bonds is 2. The van der Waals surface area contributed by atoms with Crippen LogP contribution < -0.4 is 4.90 Å². The van der Waals surface area contributed by atoms with Gasteiger partial charge in [0.25, 0.3) is 0 Å². The fourth-order valence-corrected chi connectivity index (χ4v) is 2.30. The van der Waals surface area contributed by atoms with Gasteiger partial charge in [-0.05, 0) is 31.2 Å². The summed E-state index contributed by atoms with van der Waals surface area (Å²) in [7, 11) is 0. The van der Waals surface area contributed by atoms with Crippen LogP contribution in [0.15, 0.2) is 24.3 Å². The summed E-state index contributed by atoms with van der Waals surface area (Å²) in [5, 5.41) is 0. The van der Waals surface area contributed by atoms with Crippen molar-refractivity contribution in [2.75, 3.05) is 23.9 Å². The molecule has 0 radical (unpaired) electrons. The largest absolute Gasteiger partial charge is 0.416 e. The quantitative estimate of drug-likeness (QED) is 0.773. The summed E-state index contributed by atoms with van der Waals surface area (Å²) in [6.45, 7) is 3.09. The van der Waals surface area contributed by atoms with E-state index in [0.29, 0.717) is 19.0 Å². The van der Waals surface area contributed by atoms with Crippen LogP contribution in [0.25, 0.3) is 0 Å². The summed E-state index contributed by atoms with van der Waals surface area (Å²) in [6.07, 6.45) is -4.38. The van der Waals surface area contributed by atoms with Crippen molar-refractivity contribution in [3.63, 3.8) is 0 Å². The third kappa shape index (κ3) is 3.34. The Labute approximate surface area is 115 Å². The number of nitrogens with zero attached hydrogens (tertiary/aromatic N) is 1. The molecule has 2 rings (SSSR count). The van der Waals surface area contributed by atoms with Crippen molar-refractivity contribution in [1.29, 1.82) is 0 Å². The van der Waals surface area contributed by atoms with Crippen LogP contribution in [0.2, 0.25) is 0 Å². The highest BCUT2D eigenvalue weighted by Crippen LogP contribution is 2.31. The monoisotopic (exact) mass is 293 g/mol. The molecule has 1 fully saturated rings. The Balaban J connectivity index is 2.16. The van der Waals surface area contributed by atoms with Crippen molar-refractivity contribution in [2.24, 2.45) is 0 Å². The van der Waals surface area contributed by atoms with E-state index >= 15 is 0 Å². The van der Waals surface area contributed by atoms with Crippen LogP contribution >= 0.6 is 11.6 Å². The van der Waals surface area contributed by atoms with Gasteiger partial charge in [0.15, 0.2) is 0 Å². The predicted molar refractivity (Wildman–Crippen MR) is 68.7 cm³/mol. The average molecular weight is 294 g/mol. The van der Waals surface area contributed by atoms with Crippen molar-refractivity contribution in [1.82, 2.24) is 0 Å². The molecule has 2 unspecified atom stereocenters. The van der Waals surface area contributed by atoms with Gasteiger partial charge in [-0.2, -0.15) is 13.2 Å². The molecule has 19 heavy (non-hydrogen) atoms. The van der Waals surface area contributed by atoms with Crippen LogP contribution in [0, 0.1) is 0 Å². The zero-order chi connectivity index (χ0) is 14.0. The minimum Gasteiger partial charge on any atom is -0.373 e. The zero-order valence-electron chi connectivity index (χ0n) is 10.5. The maximum Gasteiger partial charge on any atom is 0.416 e. The number of alkyl halides is 4. The van der Waals surface area contributed by atoms with Crippen LogP contribution in [0.1, 0.15) is 12.5 Å². The van der Waals surface area contributed by atoms with Gasteiger partial charge in [0, 0.05) is 18.3 Å². The molecule has 0 bridgehead atoms. The second kappa shape index (κ2) is 5.59. The fourth-order valence-electron chi connectivity index (χ4n) is 2.11. The molecule has 2 nitrogen and oxygen atoms in total. The van der Waals surface area contributed by atoms with E-state index in [1.807, 2.05) is 11.8 Å². The number of ether oxygens (including phenoxy) is 1. The van der Waals surface area contributed by atoms with Crippen molar-refractivity contribution >= 4 is 17.3 Å². The Kier molecular flexibility index (Phi) is 4.26. The lowest BCUT2D eigenvalue weighted by molar-refractivity contribution is -0.137. The van der Waals surface area contributed by atoms with Crippen LogP contribution in [0.5, 0.6) is 0 Å². The first kappa shape index (κ1) is 14.5. The molecule has 0 spiro atoms. The summed E-state index contributed by atoms with van der Waals surface area (Å²) >= 11 is 5.77. The molecule has 1 aliphatic rings. The van der Waals surface area contributed by atoms with Gasteiger partial charge in [0.2, 0.25) is 0 Å². The third-order valence-corrected chi connectivity index (χ3v) is 3.55. The standard InChI is InChI=1S/C13H15ClF3NO/c1-9-8-19-12(6-14)7-18(9)11-4-2-10(3-5-11)13(15,16)17/h2-5,9,12H,6-8H2,1H3.